The highest BCUT2D eigenvalue weighted by atomic mass is 32.2. The van der Waals surface area contributed by atoms with Gasteiger partial charge in [-0.05, 0) is 13.5 Å². The van der Waals surface area contributed by atoms with Crippen LogP contribution in [-0.2, 0) is 15.8 Å². The van der Waals surface area contributed by atoms with E-state index >= 15 is 0 Å². The van der Waals surface area contributed by atoms with Crippen LogP contribution in [0.5, 0.6) is 0 Å². The molecule has 6 nitrogen and oxygen atoms in total. The van der Waals surface area contributed by atoms with Crippen molar-refractivity contribution in [1.82, 2.24) is 15.2 Å². The van der Waals surface area contributed by atoms with Crippen molar-refractivity contribution < 1.29 is 12.9 Å². The van der Waals surface area contributed by atoms with E-state index in [1.165, 1.54) is 0 Å². The van der Waals surface area contributed by atoms with E-state index in [4.69, 9.17) is 4.52 Å². The molecular formula is C9H17N3O3S. The van der Waals surface area contributed by atoms with Crippen LogP contribution < -0.4 is 10.0 Å². The Hall–Kier alpha value is -0.920. The third kappa shape index (κ3) is 4.73. The predicted octanol–water partition coefficient (Wildman–Crippen LogP) is 0.0119. The molecule has 0 atom stereocenters. The molecule has 16 heavy (non-hydrogen) atoms. The Morgan fingerprint density at radius 1 is 1.44 bits per heavy atom. The minimum absolute atomic E-state index is 0.142. The van der Waals surface area contributed by atoms with Crippen molar-refractivity contribution in [1.29, 1.82) is 0 Å². The van der Waals surface area contributed by atoms with Crippen LogP contribution in [0.15, 0.2) is 10.6 Å². The van der Waals surface area contributed by atoms with Gasteiger partial charge in [-0.1, -0.05) is 12.1 Å². The first kappa shape index (κ1) is 13.1. The lowest BCUT2D eigenvalue weighted by molar-refractivity contribution is 0.392. The summed E-state index contributed by atoms with van der Waals surface area (Å²) >= 11 is 0. The lowest BCUT2D eigenvalue weighted by atomic mass is 10.4. The SMILES string of the molecule is CCNCCNS(=O)(=O)Cc1cc(C)on1. The molecule has 1 heterocycles. The lowest BCUT2D eigenvalue weighted by Gasteiger charge is -2.04. The van der Waals surface area contributed by atoms with Gasteiger partial charge in [0.05, 0.1) is 0 Å². The number of nitrogens with zero attached hydrogens (tertiary/aromatic N) is 1. The molecule has 0 aliphatic rings. The molecule has 0 unspecified atom stereocenters. The summed E-state index contributed by atoms with van der Waals surface area (Å²) < 4.78 is 30.4. The highest BCUT2D eigenvalue weighted by Gasteiger charge is 2.13. The average Bonchev–Trinajstić information content (AvgIpc) is 2.58. The Labute approximate surface area is 95.4 Å². The minimum atomic E-state index is -3.31. The first-order chi connectivity index (χ1) is 7.53. The molecule has 1 rings (SSSR count). The highest BCUT2D eigenvalue weighted by Crippen LogP contribution is 2.05. The van der Waals surface area contributed by atoms with Gasteiger partial charge in [0, 0.05) is 19.2 Å². The maximum absolute atomic E-state index is 11.6. The summed E-state index contributed by atoms with van der Waals surface area (Å²) in [4.78, 5) is 0. The predicted molar refractivity (Wildman–Crippen MR) is 60.4 cm³/mol. The Balaban J connectivity index is 2.40. The molecule has 0 saturated heterocycles. The van der Waals surface area contributed by atoms with Gasteiger partial charge >= 0.3 is 0 Å². The molecule has 1 aromatic heterocycles. The Morgan fingerprint density at radius 3 is 2.75 bits per heavy atom. The first-order valence-corrected chi connectivity index (χ1v) is 6.79. The molecule has 0 aliphatic carbocycles. The number of nitrogens with one attached hydrogen (secondary N) is 2. The van der Waals surface area contributed by atoms with Crippen molar-refractivity contribution in [3.05, 3.63) is 17.5 Å². The van der Waals surface area contributed by atoms with Crippen LogP contribution in [0.3, 0.4) is 0 Å². The van der Waals surface area contributed by atoms with Crippen molar-refractivity contribution in [2.75, 3.05) is 19.6 Å². The fourth-order valence-corrected chi connectivity index (χ4v) is 2.24. The van der Waals surface area contributed by atoms with Gasteiger partial charge in [0.1, 0.15) is 17.2 Å². The van der Waals surface area contributed by atoms with E-state index in [1.807, 2.05) is 6.92 Å². The topological polar surface area (TPSA) is 84.2 Å². The van der Waals surface area contributed by atoms with Crippen LogP contribution in [-0.4, -0.2) is 33.2 Å². The molecule has 0 amide bonds. The van der Waals surface area contributed by atoms with Gasteiger partial charge in [-0.25, -0.2) is 13.1 Å². The van der Waals surface area contributed by atoms with Crippen LogP contribution in [0.1, 0.15) is 18.4 Å². The first-order valence-electron chi connectivity index (χ1n) is 5.14. The van der Waals surface area contributed by atoms with E-state index in [0.29, 0.717) is 24.5 Å². The molecule has 0 radical (unpaired) electrons. The van der Waals surface area contributed by atoms with Crippen LogP contribution in [0, 0.1) is 6.92 Å². The number of rotatable bonds is 7. The molecule has 0 bridgehead atoms. The van der Waals surface area contributed by atoms with E-state index in [1.54, 1.807) is 13.0 Å². The standard InChI is InChI=1S/C9H17N3O3S/c1-3-10-4-5-11-16(13,14)7-9-6-8(2)15-12-9/h6,10-11H,3-5,7H2,1-2H3. The van der Waals surface area contributed by atoms with E-state index in [9.17, 15) is 8.42 Å². The van der Waals surface area contributed by atoms with Crippen molar-refractivity contribution in [3.63, 3.8) is 0 Å². The largest absolute Gasteiger partial charge is 0.361 e. The summed E-state index contributed by atoms with van der Waals surface area (Å²) in [6.07, 6.45) is 0. The van der Waals surface area contributed by atoms with Crippen molar-refractivity contribution >= 4 is 10.0 Å². The zero-order chi connectivity index (χ0) is 12.0. The zero-order valence-corrected chi connectivity index (χ0v) is 10.3. The third-order valence-electron chi connectivity index (χ3n) is 1.89. The van der Waals surface area contributed by atoms with Crippen LogP contribution in [0.4, 0.5) is 0 Å². The van der Waals surface area contributed by atoms with E-state index in [0.717, 1.165) is 6.54 Å². The van der Waals surface area contributed by atoms with Crippen molar-refractivity contribution in [2.45, 2.75) is 19.6 Å². The molecule has 0 fully saturated rings. The van der Waals surface area contributed by atoms with Crippen LogP contribution in [0.25, 0.3) is 0 Å². The summed E-state index contributed by atoms with van der Waals surface area (Å²) in [7, 11) is -3.31. The second-order valence-electron chi connectivity index (χ2n) is 3.44. The maximum Gasteiger partial charge on any atom is 0.217 e. The second kappa shape index (κ2) is 5.97. The van der Waals surface area contributed by atoms with Crippen molar-refractivity contribution in [3.8, 4) is 0 Å². The highest BCUT2D eigenvalue weighted by molar-refractivity contribution is 7.88. The molecule has 0 spiro atoms. The quantitative estimate of drug-likeness (QED) is 0.663. The Kier molecular flexibility index (Phi) is 4.91. The zero-order valence-electron chi connectivity index (χ0n) is 9.49. The van der Waals surface area contributed by atoms with Gasteiger partial charge in [-0.3, -0.25) is 0 Å². The van der Waals surface area contributed by atoms with Crippen LogP contribution in [0.2, 0.25) is 0 Å². The molecule has 92 valence electrons. The van der Waals surface area contributed by atoms with E-state index in [2.05, 4.69) is 15.2 Å². The molecule has 0 saturated carbocycles. The second-order valence-corrected chi connectivity index (χ2v) is 5.24. The van der Waals surface area contributed by atoms with Crippen molar-refractivity contribution in [2.24, 2.45) is 0 Å². The molecule has 7 heteroatoms. The van der Waals surface area contributed by atoms with E-state index in [-0.39, 0.29) is 5.75 Å². The van der Waals surface area contributed by atoms with Gasteiger partial charge in [-0.2, -0.15) is 0 Å². The fourth-order valence-electron chi connectivity index (χ4n) is 1.20. The Bertz CT molecular complexity index is 413. The molecule has 0 aromatic carbocycles. The average molecular weight is 247 g/mol. The summed E-state index contributed by atoms with van der Waals surface area (Å²) in [6, 6.07) is 1.61. The van der Waals surface area contributed by atoms with E-state index < -0.39 is 10.0 Å². The minimum Gasteiger partial charge on any atom is -0.361 e. The maximum atomic E-state index is 11.6. The lowest BCUT2D eigenvalue weighted by Crippen LogP contribution is -2.32. The molecular weight excluding hydrogens is 230 g/mol. The number of sulfonamides is 1. The number of hydrogen-bond acceptors (Lipinski definition) is 5. The summed E-state index contributed by atoms with van der Waals surface area (Å²) in [5.41, 5.74) is 0.424. The molecule has 1 aromatic rings. The third-order valence-corrected chi connectivity index (χ3v) is 3.21. The number of aromatic nitrogens is 1. The molecule has 0 aliphatic heterocycles. The number of hydrogen-bond donors (Lipinski definition) is 2. The summed E-state index contributed by atoms with van der Waals surface area (Å²) in [6.45, 7) is 5.51. The Morgan fingerprint density at radius 2 is 2.19 bits per heavy atom. The monoisotopic (exact) mass is 247 g/mol. The summed E-state index contributed by atoms with van der Waals surface area (Å²) in [5.74, 6) is 0.467. The number of likely N-dealkylation sites (N-methyl/N-ethyl adjacent to an activating group) is 1. The number of aryl methyl sites for hydroxylation is 1. The van der Waals surface area contributed by atoms with Gasteiger partial charge in [0.2, 0.25) is 10.0 Å². The van der Waals surface area contributed by atoms with Gasteiger partial charge < -0.3 is 9.84 Å². The summed E-state index contributed by atoms with van der Waals surface area (Å²) in [5, 5.41) is 6.66. The van der Waals surface area contributed by atoms with Gasteiger partial charge in [-0.15, -0.1) is 0 Å². The molecule has 2 N–H and O–H groups in total. The van der Waals surface area contributed by atoms with Gasteiger partial charge in [0.25, 0.3) is 0 Å². The van der Waals surface area contributed by atoms with Gasteiger partial charge in [0.15, 0.2) is 0 Å². The smallest absolute Gasteiger partial charge is 0.217 e. The fraction of sp³-hybridized carbons (Fsp3) is 0.667. The van der Waals surface area contributed by atoms with Crippen LogP contribution >= 0.6 is 0 Å². The normalized spacial score (nSPS) is 11.9.